The van der Waals surface area contributed by atoms with Crippen molar-refractivity contribution in [3.8, 4) is 0 Å². The van der Waals surface area contributed by atoms with E-state index in [1.807, 2.05) is 0 Å². The predicted octanol–water partition coefficient (Wildman–Crippen LogP) is 1.93. The summed E-state index contributed by atoms with van der Waals surface area (Å²) in [6, 6.07) is 3.51. The fourth-order valence-corrected chi connectivity index (χ4v) is 3.88. The third kappa shape index (κ3) is 9.21. The molecule has 1 aromatic rings. The molecular weight excluding hydrogens is 458 g/mol. The van der Waals surface area contributed by atoms with Crippen LogP contribution in [0.2, 0.25) is 0 Å². The molecular formula is C23H38F2N8O2. The lowest BCUT2D eigenvalue weighted by Crippen LogP contribution is -2.43. The molecule has 2 fully saturated rings. The molecule has 2 aliphatic rings. The van der Waals surface area contributed by atoms with Crippen LogP contribution in [-0.4, -0.2) is 58.7 Å². The van der Waals surface area contributed by atoms with E-state index in [0.717, 1.165) is 19.0 Å². The quantitative estimate of drug-likeness (QED) is 0.265. The molecule has 1 aliphatic heterocycles. The molecule has 1 saturated heterocycles. The van der Waals surface area contributed by atoms with Gasteiger partial charge in [-0.3, -0.25) is 4.79 Å². The highest BCUT2D eigenvalue weighted by Gasteiger charge is 2.35. The van der Waals surface area contributed by atoms with Gasteiger partial charge in [0.1, 0.15) is 0 Å². The van der Waals surface area contributed by atoms with Crippen molar-refractivity contribution in [3.05, 3.63) is 41.1 Å². The summed E-state index contributed by atoms with van der Waals surface area (Å²) >= 11 is 0. The number of hydrogen-bond donors (Lipinski definition) is 5. The van der Waals surface area contributed by atoms with Crippen molar-refractivity contribution >= 4 is 17.4 Å². The summed E-state index contributed by atoms with van der Waals surface area (Å²) in [6.07, 6.45) is 5.32. The first-order chi connectivity index (χ1) is 16.3. The number of pyridine rings is 1. The lowest BCUT2D eigenvalue weighted by atomic mass is 10.1. The minimum atomic E-state index is -2.68. The standard InChI is InChI=1S/C21H34F2N8.C2H4O2/c1-14-18(30-9-3-8-21(22,23)13-30)7-6-17(28-14)20(25)19(29(2)26)12-31(27)11-16(24)10-15-4-5-15;1-2(3)4/h6-7,11,15H,3-5,8-10,12-13,24-27H2,1-2H3;1H3,(H,3,4)/b16-11-,20-19-;. The van der Waals surface area contributed by atoms with Crippen LogP contribution in [0.25, 0.3) is 5.70 Å². The normalized spacial score (nSPS) is 18.3. The summed E-state index contributed by atoms with van der Waals surface area (Å²) in [7, 11) is 1.67. The van der Waals surface area contributed by atoms with Gasteiger partial charge in [0.2, 0.25) is 0 Å². The van der Waals surface area contributed by atoms with E-state index in [-0.39, 0.29) is 19.5 Å². The molecule has 0 spiro atoms. The second-order valence-electron chi connectivity index (χ2n) is 9.20. The number of hydrazine groups is 2. The van der Waals surface area contributed by atoms with Gasteiger partial charge in [-0.25, -0.2) is 25.5 Å². The van der Waals surface area contributed by atoms with Crippen LogP contribution in [0.1, 0.15) is 50.4 Å². The van der Waals surface area contributed by atoms with Crippen LogP contribution >= 0.6 is 0 Å². The van der Waals surface area contributed by atoms with Crippen molar-refractivity contribution in [1.29, 1.82) is 0 Å². The number of allylic oxidation sites excluding steroid dienone is 1. The zero-order chi connectivity index (χ0) is 26.3. The third-order valence-electron chi connectivity index (χ3n) is 5.69. The van der Waals surface area contributed by atoms with Crippen LogP contribution in [0.4, 0.5) is 14.5 Å². The number of rotatable bonds is 8. The Balaban J connectivity index is 0.00000100. The lowest BCUT2D eigenvalue weighted by molar-refractivity contribution is -0.134. The third-order valence-corrected chi connectivity index (χ3v) is 5.69. The predicted molar refractivity (Wildman–Crippen MR) is 132 cm³/mol. The molecule has 196 valence electrons. The highest BCUT2D eigenvalue weighted by Crippen LogP contribution is 2.34. The number of aryl methyl sites for hydroxylation is 1. The lowest BCUT2D eigenvalue weighted by Gasteiger charge is -2.34. The Morgan fingerprint density at radius 1 is 1.31 bits per heavy atom. The molecule has 1 aromatic heterocycles. The SMILES string of the molecule is CC(=O)O.Cc1nc(/C(N)=C(\CN(N)/C=C(\N)CC2CC2)N(C)N)ccc1N1CCCC(F)(F)C1. The van der Waals surface area contributed by atoms with Crippen LogP contribution in [0.5, 0.6) is 0 Å². The van der Waals surface area contributed by atoms with Crippen molar-refractivity contribution in [2.45, 2.75) is 51.9 Å². The van der Waals surface area contributed by atoms with E-state index in [1.54, 1.807) is 37.2 Å². The van der Waals surface area contributed by atoms with Gasteiger partial charge >= 0.3 is 0 Å². The minimum Gasteiger partial charge on any atom is -0.481 e. The first-order valence-corrected chi connectivity index (χ1v) is 11.5. The van der Waals surface area contributed by atoms with Gasteiger partial charge in [0.15, 0.2) is 0 Å². The molecule has 0 bridgehead atoms. The highest BCUT2D eigenvalue weighted by molar-refractivity contribution is 5.65. The number of alkyl halides is 2. The van der Waals surface area contributed by atoms with Crippen molar-refractivity contribution in [2.24, 2.45) is 29.1 Å². The van der Waals surface area contributed by atoms with E-state index < -0.39 is 11.9 Å². The maximum atomic E-state index is 13.8. The van der Waals surface area contributed by atoms with Crippen molar-refractivity contribution < 1.29 is 18.7 Å². The monoisotopic (exact) mass is 496 g/mol. The first-order valence-electron chi connectivity index (χ1n) is 11.5. The van der Waals surface area contributed by atoms with Gasteiger partial charge in [-0.05, 0) is 50.7 Å². The summed E-state index contributed by atoms with van der Waals surface area (Å²) in [5.41, 5.74) is 15.9. The Morgan fingerprint density at radius 3 is 2.46 bits per heavy atom. The van der Waals surface area contributed by atoms with Crippen LogP contribution in [0.3, 0.4) is 0 Å². The zero-order valence-corrected chi connectivity index (χ0v) is 20.7. The van der Waals surface area contributed by atoms with Crippen molar-refractivity contribution in [2.75, 3.05) is 31.6 Å². The number of halogens is 2. The largest absolute Gasteiger partial charge is 0.481 e. The van der Waals surface area contributed by atoms with E-state index in [0.29, 0.717) is 47.4 Å². The number of nitrogens with two attached hydrogens (primary N) is 4. The van der Waals surface area contributed by atoms with Gasteiger partial charge in [-0.2, -0.15) is 0 Å². The van der Waals surface area contributed by atoms with E-state index in [4.69, 9.17) is 33.1 Å². The number of anilines is 1. The molecule has 0 atom stereocenters. The molecule has 10 nitrogen and oxygen atoms in total. The molecule has 0 unspecified atom stereocenters. The molecule has 2 heterocycles. The van der Waals surface area contributed by atoms with Crippen molar-refractivity contribution in [1.82, 2.24) is 15.0 Å². The number of piperidine rings is 1. The number of carboxylic acids is 1. The number of likely N-dealkylation sites (N-methyl/N-ethyl adjacent to an activating group) is 1. The second kappa shape index (κ2) is 12.0. The van der Waals surface area contributed by atoms with E-state index in [2.05, 4.69) is 4.98 Å². The van der Waals surface area contributed by atoms with Gasteiger partial charge in [-0.1, -0.05) is 0 Å². The Kier molecular flexibility index (Phi) is 9.66. The number of hydrogen-bond acceptors (Lipinski definition) is 9. The molecule has 0 amide bonds. The molecule has 0 radical (unpaired) electrons. The average molecular weight is 497 g/mol. The van der Waals surface area contributed by atoms with E-state index in [9.17, 15) is 8.78 Å². The molecule has 35 heavy (non-hydrogen) atoms. The molecule has 1 saturated carbocycles. The van der Waals surface area contributed by atoms with E-state index >= 15 is 0 Å². The van der Waals surface area contributed by atoms with Gasteiger partial charge < -0.3 is 31.5 Å². The first kappa shape index (κ1) is 28.1. The topological polar surface area (TPSA) is 164 Å². The number of carbonyl (C=O) groups is 1. The number of nitrogens with zero attached hydrogens (tertiary/aromatic N) is 4. The maximum absolute atomic E-state index is 13.8. The van der Waals surface area contributed by atoms with Gasteiger partial charge in [-0.15, -0.1) is 0 Å². The molecule has 12 heteroatoms. The zero-order valence-electron chi connectivity index (χ0n) is 20.7. The fourth-order valence-electron chi connectivity index (χ4n) is 3.88. The van der Waals surface area contributed by atoms with Gasteiger partial charge in [0.05, 0.1) is 41.6 Å². The summed E-state index contributed by atoms with van der Waals surface area (Å²) < 4.78 is 27.6. The molecule has 1 aliphatic carbocycles. The van der Waals surface area contributed by atoms with Gasteiger partial charge in [0, 0.05) is 38.8 Å². The maximum Gasteiger partial charge on any atom is 0.300 e. The van der Waals surface area contributed by atoms with Crippen LogP contribution in [-0.2, 0) is 4.79 Å². The summed E-state index contributed by atoms with van der Waals surface area (Å²) in [5.74, 6) is 9.25. The van der Waals surface area contributed by atoms with Crippen LogP contribution < -0.4 is 28.1 Å². The summed E-state index contributed by atoms with van der Waals surface area (Å²) in [4.78, 5) is 15.2. The minimum absolute atomic E-state index is 0.0782. The Bertz CT molecular complexity index is 943. The fraction of sp³-hybridized carbons (Fsp3) is 0.565. The Morgan fingerprint density at radius 2 is 1.94 bits per heavy atom. The van der Waals surface area contributed by atoms with Crippen LogP contribution in [0, 0.1) is 12.8 Å². The van der Waals surface area contributed by atoms with Crippen molar-refractivity contribution in [3.63, 3.8) is 0 Å². The Hall–Kier alpha value is -3.12. The number of aliphatic carboxylic acids is 1. The average Bonchev–Trinajstić information content (AvgIpc) is 3.53. The Labute approximate surface area is 205 Å². The van der Waals surface area contributed by atoms with E-state index in [1.165, 1.54) is 22.9 Å². The summed E-state index contributed by atoms with van der Waals surface area (Å²) in [5, 5.41) is 10.3. The number of aromatic nitrogens is 1. The molecule has 9 N–H and O–H groups in total. The number of carboxylic acid groups (broad SMARTS) is 1. The highest BCUT2D eigenvalue weighted by atomic mass is 19.3. The smallest absolute Gasteiger partial charge is 0.300 e. The summed E-state index contributed by atoms with van der Waals surface area (Å²) in [6.45, 7) is 3.40. The second-order valence-corrected chi connectivity index (χ2v) is 9.20. The molecule has 0 aromatic carbocycles. The van der Waals surface area contributed by atoms with Gasteiger partial charge in [0.25, 0.3) is 11.9 Å². The molecule has 3 rings (SSSR count). The van der Waals surface area contributed by atoms with Crippen LogP contribution in [0.15, 0.2) is 29.7 Å².